The van der Waals surface area contributed by atoms with E-state index in [1.54, 1.807) is 19.3 Å². The largest absolute Gasteiger partial charge is 0.493 e. The van der Waals surface area contributed by atoms with E-state index in [0.717, 1.165) is 14.5 Å². The smallest absolute Gasteiger partial charge is 0.363 e. The second-order valence-electron chi connectivity index (χ2n) is 6.57. The van der Waals surface area contributed by atoms with Crippen molar-refractivity contribution in [1.82, 2.24) is 0 Å². The molecule has 0 fully saturated rings. The molecule has 3 aromatic rings. The van der Waals surface area contributed by atoms with Crippen molar-refractivity contribution in [3.8, 4) is 11.5 Å². The van der Waals surface area contributed by atoms with Crippen molar-refractivity contribution in [1.29, 1.82) is 0 Å². The number of hydrogen-bond donors (Lipinski definition) is 0. The number of nitrogens with zero attached hydrogens (tertiary/aromatic N) is 1. The van der Waals surface area contributed by atoms with E-state index in [1.807, 2.05) is 60.7 Å². The first-order valence-corrected chi connectivity index (χ1v) is 11.0. The molecule has 0 unspecified atom stereocenters. The van der Waals surface area contributed by atoms with Crippen LogP contribution in [0, 0.1) is 0 Å². The van der Waals surface area contributed by atoms with Gasteiger partial charge < -0.3 is 14.2 Å². The van der Waals surface area contributed by atoms with Crippen LogP contribution < -0.4 is 9.47 Å². The fraction of sp³-hybridized carbons (Fsp3) is 0.0833. The number of ether oxygens (including phenoxy) is 3. The number of methoxy groups -OCH3 is 1. The third kappa shape index (κ3) is 4.73. The molecule has 3 aromatic carbocycles. The fourth-order valence-corrected chi connectivity index (χ4v) is 3.89. The average Bonchev–Trinajstić information content (AvgIpc) is 3.14. The maximum Gasteiger partial charge on any atom is 0.363 e. The van der Waals surface area contributed by atoms with E-state index in [0.29, 0.717) is 29.2 Å². The van der Waals surface area contributed by atoms with E-state index < -0.39 is 5.97 Å². The van der Waals surface area contributed by atoms with Gasteiger partial charge in [0.1, 0.15) is 6.61 Å². The summed E-state index contributed by atoms with van der Waals surface area (Å²) < 4.78 is 18.7. The van der Waals surface area contributed by atoms with Crippen molar-refractivity contribution in [3.05, 3.63) is 98.1 Å². The second-order valence-corrected chi connectivity index (χ2v) is 8.28. The van der Waals surface area contributed by atoms with Gasteiger partial charge in [-0.3, -0.25) is 0 Å². The minimum absolute atomic E-state index is 0.185. The van der Waals surface area contributed by atoms with Gasteiger partial charge in [0, 0.05) is 20.1 Å². The Labute approximate surface area is 196 Å². The van der Waals surface area contributed by atoms with E-state index in [2.05, 4.69) is 36.9 Å². The molecule has 1 aliphatic rings. The zero-order valence-electron chi connectivity index (χ0n) is 16.5. The molecule has 1 heterocycles. The molecule has 7 heteroatoms. The predicted octanol–water partition coefficient (Wildman–Crippen LogP) is 6.14. The van der Waals surface area contributed by atoms with Gasteiger partial charge in [-0.05, 0) is 46.3 Å². The third-order valence-electron chi connectivity index (χ3n) is 4.58. The van der Waals surface area contributed by atoms with Gasteiger partial charge in [0.2, 0.25) is 5.90 Å². The summed E-state index contributed by atoms with van der Waals surface area (Å²) in [7, 11) is 1.57. The highest BCUT2D eigenvalue weighted by Gasteiger charge is 2.26. The van der Waals surface area contributed by atoms with Crippen LogP contribution in [-0.2, 0) is 16.1 Å². The lowest BCUT2D eigenvalue weighted by molar-refractivity contribution is -0.129. The molecule has 0 saturated carbocycles. The summed E-state index contributed by atoms with van der Waals surface area (Å²) in [5.41, 5.74) is 2.54. The Morgan fingerprint density at radius 3 is 2.45 bits per heavy atom. The molecule has 31 heavy (non-hydrogen) atoms. The minimum Gasteiger partial charge on any atom is -0.493 e. The zero-order chi connectivity index (χ0) is 21.8. The van der Waals surface area contributed by atoms with Gasteiger partial charge in [-0.1, -0.05) is 58.4 Å². The van der Waals surface area contributed by atoms with Crippen LogP contribution in [-0.4, -0.2) is 19.0 Å². The number of hydrogen-bond acceptors (Lipinski definition) is 5. The van der Waals surface area contributed by atoms with Crippen LogP contribution in [0.4, 0.5) is 0 Å². The summed E-state index contributed by atoms with van der Waals surface area (Å²) in [4.78, 5) is 16.9. The third-order valence-corrected chi connectivity index (χ3v) is 6.04. The van der Waals surface area contributed by atoms with Gasteiger partial charge in [0.15, 0.2) is 17.2 Å². The topological polar surface area (TPSA) is 57.1 Å². The molecule has 4 rings (SSSR count). The van der Waals surface area contributed by atoms with E-state index >= 15 is 0 Å². The molecule has 0 aromatic heterocycles. The van der Waals surface area contributed by atoms with Crippen molar-refractivity contribution in [2.24, 2.45) is 4.99 Å². The molecule has 1 aliphatic heterocycles. The molecular formula is C24H17Br2NO4. The number of aliphatic imine (C=N–C) groups is 1. The summed E-state index contributed by atoms with van der Waals surface area (Å²) in [5, 5.41) is 0. The van der Waals surface area contributed by atoms with E-state index in [-0.39, 0.29) is 11.6 Å². The highest BCUT2D eigenvalue weighted by molar-refractivity contribution is 9.10. The molecule has 5 nitrogen and oxygen atoms in total. The number of rotatable bonds is 6. The number of cyclic esters (lactones) is 1. The first kappa shape index (κ1) is 21.3. The van der Waals surface area contributed by atoms with Crippen LogP contribution in [0.25, 0.3) is 6.08 Å². The van der Waals surface area contributed by atoms with Gasteiger partial charge in [0.25, 0.3) is 0 Å². The lowest BCUT2D eigenvalue weighted by Crippen LogP contribution is -2.06. The Kier molecular flexibility index (Phi) is 6.53. The van der Waals surface area contributed by atoms with Crippen LogP contribution in [0.15, 0.2) is 86.4 Å². The van der Waals surface area contributed by atoms with Crippen molar-refractivity contribution < 1.29 is 19.0 Å². The molecule has 0 spiro atoms. The zero-order valence-corrected chi connectivity index (χ0v) is 19.6. The van der Waals surface area contributed by atoms with Crippen molar-refractivity contribution in [3.63, 3.8) is 0 Å². The van der Waals surface area contributed by atoms with Crippen LogP contribution in [0.3, 0.4) is 0 Å². The maximum absolute atomic E-state index is 12.5. The lowest BCUT2D eigenvalue weighted by Gasteiger charge is -2.14. The van der Waals surface area contributed by atoms with E-state index in [1.165, 1.54) is 0 Å². The van der Waals surface area contributed by atoms with Crippen LogP contribution in [0.5, 0.6) is 11.5 Å². The Balaban J connectivity index is 1.68. The van der Waals surface area contributed by atoms with Crippen molar-refractivity contribution in [2.45, 2.75) is 6.61 Å². The number of carbonyl (C=O) groups is 1. The molecule has 0 radical (unpaired) electrons. The van der Waals surface area contributed by atoms with E-state index in [9.17, 15) is 4.79 Å². The Morgan fingerprint density at radius 1 is 0.968 bits per heavy atom. The Hall–Kier alpha value is -2.90. The van der Waals surface area contributed by atoms with Gasteiger partial charge in [-0.2, -0.15) is 0 Å². The summed E-state index contributed by atoms with van der Waals surface area (Å²) in [5.74, 6) is 0.806. The lowest BCUT2D eigenvalue weighted by atomic mass is 10.1. The molecule has 0 aliphatic carbocycles. The first-order chi connectivity index (χ1) is 15.1. The summed E-state index contributed by atoms with van der Waals surface area (Å²) in [6, 6.07) is 20.7. The minimum atomic E-state index is -0.523. The van der Waals surface area contributed by atoms with Gasteiger partial charge in [-0.15, -0.1) is 0 Å². The van der Waals surface area contributed by atoms with Crippen molar-refractivity contribution >= 4 is 49.8 Å². The van der Waals surface area contributed by atoms with Gasteiger partial charge >= 0.3 is 5.97 Å². The molecule has 156 valence electrons. The Morgan fingerprint density at radius 2 is 1.71 bits per heavy atom. The second kappa shape index (κ2) is 9.49. The van der Waals surface area contributed by atoms with Crippen LogP contribution in [0.1, 0.15) is 16.7 Å². The van der Waals surface area contributed by atoms with Gasteiger partial charge in [0.05, 0.1) is 12.7 Å². The number of esters is 1. The highest BCUT2D eigenvalue weighted by Crippen LogP contribution is 2.35. The molecular weight excluding hydrogens is 526 g/mol. The van der Waals surface area contributed by atoms with Crippen molar-refractivity contribution in [2.75, 3.05) is 7.11 Å². The highest BCUT2D eigenvalue weighted by atomic mass is 79.9. The van der Waals surface area contributed by atoms with E-state index in [4.69, 9.17) is 14.2 Å². The van der Waals surface area contributed by atoms with Crippen LogP contribution >= 0.6 is 31.9 Å². The predicted molar refractivity (Wildman–Crippen MR) is 126 cm³/mol. The normalized spacial score (nSPS) is 14.4. The molecule has 0 bridgehead atoms. The summed E-state index contributed by atoms with van der Waals surface area (Å²) in [6.07, 6.45) is 1.64. The molecule has 0 atom stereocenters. The maximum atomic E-state index is 12.5. The Bertz CT molecular complexity index is 1200. The summed E-state index contributed by atoms with van der Waals surface area (Å²) >= 11 is 6.99. The summed E-state index contributed by atoms with van der Waals surface area (Å²) in [6.45, 7) is 0.327. The number of para-hydroxylation sites is 1. The van der Waals surface area contributed by atoms with Crippen LogP contribution in [0.2, 0.25) is 0 Å². The molecule has 0 amide bonds. The monoisotopic (exact) mass is 541 g/mol. The SMILES string of the molecule is COc1cccc(/C=C2\N=C(c3ccccc3Br)OC2=O)c1OCc1ccccc1Br. The van der Waals surface area contributed by atoms with Gasteiger partial charge in [-0.25, -0.2) is 9.79 Å². The molecule has 0 N–H and O–H groups in total. The molecule has 0 saturated heterocycles. The number of benzene rings is 3. The quantitative estimate of drug-likeness (QED) is 0.277. The fourth-order valence-electron chi connectivity index (χ4n) is 3.03. The first-order valence-electron chi connectivity index (χ1n) is 9.37. The number of halogens is 2. The standard InChI is InChI=1S/C24H17Br2NO4/c1-29-21-12-6-8-15(22(21)30-14-16-7-2-4-10-18(16)25)13-20-24(28)31-23(27-20)17-9-3-5-11-19(17)26/h2-13H,14H2,1H3/b20-13-. The average molecular weight is 543 g/mol. The number of carbonyl (C=O) groups excluding carboxylic acids is 1.